The molecule has 0 bridgehead atoms. The number of aliphatic hydroxyl groups excluding tert-OH is 1. The third kappa shape index (κ3) is 4.01. The average molecular weight is 478 g/mol. The monoisotopic (exact) mass is 477 g/mol. The van der Waals surface area contributed by atoms with Crippen LogP contribution in [0.3, 0.4) is 0 Å². The first kappa shape index (κ1) is 23.4. The molecule has 3 aromatic rings. The average Bonchev–Trinajstić information content (AvgIpc) is 3.14. The fourth-order valence-electron chi connectivity index (χ4n) is 4.14. The second kappa shape index (κ2) is 9.61. The molecule has 0 radical (unpaired) electrons. The molecule has 1 amide bonds. The molecule has 1 unspecified atom stereocenters. The molecule has 174 valence electrons. The smallest absolute Gasteiger partial charge is 0.300 e. The quantitative estimate of drug-likeness (QED) is 0.286. The van der Waals surface area contributed by atoms with Crippen molar-refractivity contribution >= 4 is 34.7 Å². The fourth-order valence-corrected chi connectivity index (χ4v) is 4.34. The van der Waals surface area contributed by atoms with E-state index in [4.69, 9.17) is 21.1 Å². The molecule has 6 nitrogen and oxygen atoms in total. The number of hydrogen-bond donors (Lipinski definition) is 1. The number of amides is 1. The lowest BCUT2D eigenvalue weighted by atomic mass is 9.94. The first-order chi connectivity index (χ1) is 16.4. The van der Waals surface area contributed by atoms with E-state index in [0.717, 1.165) is 12.0 Å². The van der Waals surface area contributed by atoms with Crippen molar-refractivity contribution in [1.82, 2.24) is 0 Å². The Kier molecular flexibility index (Phi) is 6.61. The number of ketones is 1. The molecule has 0 saturated carbocycles. The predicted octanol–water partition coefficient (Wildman–Crippen LogP) is 5.55. The summed E-state index contributed by atoms with van der Waals surface area (Å²) in [4.78, 5) is 28.1. The van der Waals surface area contributed by atoms with Crippen LogP contribution in [0.4, 0.5) is 5.69 Å². The Balaban J connectivity index is 1.99. The molecule has 7 heteroatoms. The van der Waals surface area contributed by atoms with E-state index in [2.05, 4.69) is 0 Å². The highest BCUT2D eigenvalue weighted by Crippen LogP contribution is 2.45. The number of methoxy groups -OCH3 is 2. The number of hydrogen-bond acceptors (Lipinski definition) is 5. The van der Waals surface area contributed by atoms with E-state index in [-0.39, 0.29) is 21.9 Å². The summed E-state index contributed by atoms with van der Waals surface area (Å²) >= 11 is 6.37. The number of nitrogens with zero attached hydrogens (tertiary/aromatic N) is 1. The van der Waals surface area contributed by atoms with Gasteiger partial charge in [0, 0.05) is 16.8 Å². The van der Waals surface area contributed by atoms with Crippen molar-refractivity contribution in [3.8, 4) is 11.5 Å². The lowest BCUT2D eigenvalue weighted by Crippen LogP contribution is -2.29. The summed E-state index contributed by atoms with van der Waals surface area (Å²) in [5.41, 5.74) is 2.30. The second-order valence-electron chi connectivity index (χ2n) is 7.78. The van der Waals surface area contributed by atoms with Gasteiger partial charge in [-0.05, 0) is 48.4 Å². The zero-order valence-electron chi connectivity index (χ0n) is 19.0. The maximum atomic E-state index is 13.4. The molecule has 0 aromatic heterocycles. The topological polar surface area (TPSA) is 76.1 Å². The Morgan fingerprint density at radius 2 is 1.71 bits per heavy atom. The van der Waals surface area contributed by atoms with Crippen molar-refractivity contribution < 1.29 is 24.2 Å². The molecular weight excluding hydrogens is 454 g/mol. The molecule has 1 N–H and O–H groups in total. The number of para-hydroxylation sites is 1. The standard InChI is InChI=1S/C27H24ClNO5/c1-4-16-9-11-17(12-10-16)29-24(19-7-5-6-8-22(19)34-3)23(26(31)27(29)32)25(30)20-15-18(33-2)13-14-21(20)28/h5-15,24,30H,4H2,1-3H3/b25-23+. The van der Waals surface area contributed by atoms with Crippen LogP contribution in [0.25, 0.3) is 5.76 Å². The molecule has 3 aromatic carbocycles. The number of carbonyl (C=O) groups is 2. The summed E-state index contributed by atoms with van der Waals surface area (Å²) in [5, 5.41) is 11.6. The van der Waals surface area contributed by atoms with Gasteiger partial charge in [0.15, 0.2) is 0 Å². The van der Waals surface area contributed by atoms with Crippen LogP contribution in [-0.2, 0) is 16.0 Å². The number of carbonyl (C=O) groups excluding carboxylic acids is 2. The van der Waals surface area contributed by atoms with Crippen LogP contribution >= 0.6 is 11.6 Å². The predicted molar refractivity (Wildman–Crippen MR) is 132 cm³/mol. The minimum absolute atomic E-state index is 0.0794. The van der Waals surface area contributed by atoms with Crippen LogP contribution in [-0.4, -0.2) is 31.0 Å². The number of aryl methyl sites for hydroxylation is 1. The normalized spacial score (nSPS) is 17.2. The maximum absolute atomic E-state index is 13.4. The van der Waals surface area contributed by atoms with Crippen LogP contribution in [0.15, 0.2) is 72.3 Å². The van der Waals surface area contributed by atoms with E-state index >= 15 is 0 Å². The van der Waals surface area contributed by atoms with Gasteiger partial charge in [-0.25, -0.2) is 0 Å². The van der Waals surface area contributed by atoms with Crippen LogP contribution in [0.1, 0.15) is 29.7 Å². The van der Waals surface area contributed by atoms with Crippen molar-refractivity contribution in [3.05, 3.63) is 94.0 Å². The van der Waals surface area contributed by atoms with Gasteiger partial charge in [0.05, 0.1) is 30.9 Å². The zero-order chi connectivity index (χ0) is 24.4. The Morgan fingerprint density at radius 3 is 2.35 bits per heavy atom. The highest BCUT2D eigenvalue weighted by atomic mass is 35.5. The molecular formula is C27H24ClNO5. The van der Waals surface area contributed by atoms with E-state index in [1.165, 1.54) is 25.2 Å². The lowest BCUT2D eigenvalue weighted by Gasteiger charge is -2.27. The molecule has 1 heterocycles. The number of Topliss-reactive ketones (excluding diaryl/α,β-unsaturated/α-hetero) is 1. The SMILES string of the molecule is CCc1ccc(N2C(=O)C(=O)/C(=C(/O)c3cc(OC)ccc3Cl)C2c2ccccc2OC)cc1. The van der Waals surface area contributed by atoms with Crippen LogP contribution in [0.2, 0.25) is 5.02 Å². The largest absolute Gasteiger partial charge is 0.507 e. The number of ether oxygens (including phenoxy) is 2. The molecule has 1 atom stereocenters. The van der Waals surface area contributed by atoms with Gasteiger partial charge in [0.25, 0.3) is 11.7 Å². The van der Waals surface area contributed by atoms with E-state index in [1.807, 2.05) is 19.1 Å². The maximum Gasteiger partial charge on any atom is 0.300 e. The van der Waals surface area contributed by atoms with Crippen LogP contribution in [0, 0.1) is 0 Å². The summed E-state index contributed by atoms with van der Waals surface area (Å²) in [6.07, 6.45) is 0.837. The highest BCUT2D eigenvalue weighted by Gasteiger charge is 2.48. The van der Waals surface area contributed by atoms with E-state index in [1.54, 1.807) is 48.5 Å². The minimum Gasteiger partial charge on any atom is -0.507 e. The van der Waals surface area contributed by atoms with Gasteiger partial charge >= 0.3 is 0 Å². The number of rotatable bonds is 6. The summed E-state index contributed by atoms with van der Waals surface area (Å²) < 4.78 is 10.8. The third-order valence-electron chi connectivity index (χ3n) is 5.93. The second-order valence-corrected chi connectivity index (χ2v) is 8.18. The van der Waals surface area contributed by atoms with Gasteiger partial charge in [-0.2, -0.15) is 0 Å². The zero-order valence-corrected chi connectivity index (χ0v) is 19.8. The van der Waals surface area contributed by atoms with E-state index in [0.29, 0.717) is 22.7 Å². The molecule has 4 rings (SSSR count). The lowest BCUT2D eigenvalue weighted by molar-refractivity contribution is -0.132. The molecule has 1 fully saturated rings. The van der Waals surface area contributed by atoms with Gasteiger partial charge in [-0.1, -0.05) is 48.9 Å². The van der Waals surface area contributed by atoms with Gasteiger partial charge in [-0.15, -0.1) is 0 Å². The summed E-state index contributed by atoms with van der Waals surface area (Å²) in [7, 11) is 3.00. The fraction of sp³-hybridized carbons (Fsp3) is 0.185. The number of halogens is 1. The Bertz CT molecular complexity index is 1280. The summed E-state index contributed by atoms with van der Waals surface area (Å²) in [6, 6.07) is 18.3. The molecule has 1 aliphatic heterocycles. The van der Waals surface area contributed by atoms with Gasteiger partial charge in [0.2, 0.25) is 0 Å². The Morgan fingerprint density at radius 1 is 1.00 bits per heavy atom. The van der Waals surface area contributed by atoms with Crippen molar-refractivity contribution in [3.63, 3.8) is 0 Å². The van der Waals surface area contributed by atoms with Crippen molar-refractivity contribution in [2.45, 2.75) is 19.4 Å². The third-order valence-corrected chi connectivity index (χ3v) is 6.26. The number of benzene rings is 3. The minimum atomic E-state index is -0.925. The summed E-state index contributed by atoms with van der Waals surface area (Å²) in [5.74, 6) is -1.02. The van der Waals surface area contributed by atoms with Gasteiger partial charge in [-0.3, -0.25) is 14.5 Å². The Hall–Kier alpha value is -3.77. The molecule has 0 spiro atoms. The van der Waals surface area contributed by atoms with Crippen LogP contribution < -0.4 is 14.4 Å². The van der Waals surface area contributed by atoms with E-state index < -0.39 is 17.7 Å². The molecule has 1 saturated heterocycles. The van der Waals surface area contributed by atoms with E-state index in [9.17, 15) is 14.7 Å². The summed E-state index contributed by atoms with van der Waals surface area (Å²) in [6.45, 7) is 2.04. The molecule has 0 aliphatic carbocycles. The Labute approximate surface area is 203 Å². The molecule has 34 heavy (non-hydrogen) atoms. The van der Waals surface area contributed by atoms with Gasteiger partial charge in [0.1, 0.15) is 17.3 Å². The van der Waals surface area contributed by atoms with Crippen LogP contribution in [0.5, 0.6) is 11.5 Å². The first-order valence-electron chi connectivity index (χ1n) is 10.8. The number of anilines is 1. The number of aliphatic hydroxyl groups is 1. The highest BCUT2D eigenvalue weighted by molar-refractivity contribution is 6.52. The van der Waals surface area contributed by atoms with Gasteiger partial charge < -0.3 is 14.6 Å². The van der Waals surface area contributed by atoms with Crippen molar-refractivity contribution in [1.29, 1.82) is 0 Å². The molecule has 1 aliphatic rings. The first-order valence-corrected chi connectivity index (χ1v) is 11.2. The van der Waals surface area contributed by atoms with Crippen molar-refractivity contribution in [2.24, 2.45) is 0 Å². The van der Waals surface area contributed by atoms with Crippen molar-refractivity contribution in [2.75, 3.05) is 19.1 Å².